The molecule has 0 saturated carbocycles. The van der Waals surface area contributed by atoms with E-state index in [4.69, 9.17) is 34.8 Å². The molecule has 1 heterocycles. The van der Waals surface area contributed by atoms with Crippen LogP contribution in [0.3, 0.4) is 0 Å². The molecule has 24 heavy (non-hydrogen) atoms. The number of rotatable bonds is 5. The summed E-state index contributed by atoms with van der Waals surface area (Å²) in [6.07, 6.45) is 3.95. The molecule has 1 unspecified atom stereocenters. The summed E-state index contributed by atoms with van der Waals surface area (Å²) >= 11 is 18.1. The van der Waals surface area contributed by atoms with Gasteiger partial charge < -0.3 is 10.6 Å². The zero-order valence-corrected chi connectivity index (χ0v) is 15.2. The molecule has 0 radical (unpaired) electrons. The summed E-state index contributed by atoms with van der Waals surface area (Å²) < 4.78 is 0. The summed E-state index contributed by atoms with van der Waals surface area (Å²) in [6, 6.07) is 16.0. The molecule has 1 aliphatic heterocycles. The Labute approximate surface area is 157 Å². The van der Waals surface area contributed by atoms with E-state index in [1.54, 1.807) is 0 Å². The first-order valence-corrected chi connectivity index (χ1v) is 8.79. The molecule has 2 aromatic carbocycles. The summed E-state index contributed by atoms with van der Waals surface area (Å²) in [5.41, 5.74) is 3.35. The van der Waals surface area contributed by atoms with Crippen LogP contribution in [0, 0.1) is 0 Å². The van der Waals surface area contributed by atoms with Gasteiger partial charge in [0.15, 0.2) is 0 Å². The van der Waals surface area contributed by atoms with E-state index >= 15 is 0 Å². The number of allylic oxidation sites excluding steroid dienone is 2. The largest absolute Gasteiger partial charge is 0.382 e. The number of dihydropyridines is 1. The molecule has 0 fully saturated rings. The monoisotopic (exact) mass is 378 g/mol. The Morgan fingerprint density at radius 2 is 1.75 bits per heavy atom. The van der Waals surface area contributed by atoms with E-state index < -0.39 is 0 Å². The van der Waals surface area contributed by atoms with Crippen LogP contribution in [0.1, 0.15) is 17.2 Å². The Bertz CT molecular complexity index is 769. The molecule has 0 saturated heterocycles. The predicted octanol–water partition coefficient (Wildman–Crippen LogP) is 5.43. The van der Waals surface area contributed by atoms with Gasteiger partial charge in [-0.2, -0.15) is 0 Å². The van der Waals surface area contributed by atoms with Gasteiger partial charge in [0.05, 0.1) is 22.6 Å². The summed E-state index contributed by atoms with van der Waals surface area (Å²) in [7, 11) is 0. The standard InChI is InChI=1S/C19H17Cl3N2/c20-15-7-9-18(23-12-15)19(14-4-2-1-3-5-14)24-11-13-6-8-16(21)17(22)10-13/h1-10,19,23-24H,11-12H2. The maximum absolute atomic E-state index is 6.11. The van der Waals surface area contributed by atoms with Crippen molar-refractivity contribution < 1.29 is 0 Å². The highest BCUT2D eigenvalue weighted by atomic mass is 35.5. The lowest BCUT2D eigenvalue weighted by molar-refractivity contribution is 0.561. The minimum absolute atomic E-state index is 0.0432. The quantitative estimate of drug-likeness (QED) is 0.723. The van der Waals surface area contributed by atoms with E-state index in [-0.39, 0.29) is 6.04 Å². The van der Waals surface area contributed by atoms with E-state index in [1.165, 1.54) is 5.56 Å². The molecule has 2 aromatic rings. The molecule has 0 aliphatic carbocycles. The Morgan fingerprint density at radius 3 is 2.42 bits per heavy atom. The molecular weight excluding hydrogens is 363 g/mol. The van der Waals surface area contributed by atoms with Crippen molar-refractivity contribution in [3.63, 3.8) is 0 Å². The Hall–Kier alpha value is -1.45. The van der Waals surface area contributed by atoms with E-state index in [0.29, 0.717) is 23.1 Å². The molecule has 0 spiro atoms. The van der Waals surface area contributed by atoms with Crippen LogP contribution < -0.4 is 10.6 Å². The summed E-state index contributed by atoms with van der Waals surface area (Å²) in [4.78, 5) is 0. The maximum atomic E-state index is 6.11. The Kier molecular flexibility index (Phi) is 5.85. The molecule has 1 atom stereocenters. The number of halogens is 3. The third-order valence-corrected chi connectivity index (χ3v) is 4.84. The average Bonchev–Trinajstić information content (AvgIpc) is 2.60. The lowest BCUT2D eigenvalue weighted by Crippen LogP contribution is -2.31. The first-order chi connectivity index (χ1) is 11.6. The van der Waals surface area contributed by atoms with Crippen molar-refractivity contribution in [2.45, 2.75) is 12.6 Å². The highest BCUT2D eigenvalue weighted by Gasteiger charge is 2.18. The number of benzene rings is 2. The first-order valence-electron chi connectivity index (χ1n) is 7.66. The van der Waals surface area contributed by atoms with Gasteiger partial charge in [-0.05, 0) is 35.4 Å². The molecular formula is C19H17Cl3N2. The van der Waals surface area contributed by atoms with Crippen LogP contribution in [0.25, 0.3) is 0 Å². The van der Waals surface area contributed by atoms with Crippen molar-refractivity contribution >= 4 is 34.8 Å². The van der Waals surface area contributed by atoms with Crippen molar-refractivity contribution in [2.75, 3.05) is 6.54 Å². The average molecular weight is 380 g/mol. The predicted molar refractivity (Wildman–Crippen MR) is 103 cm³/mol. The number of hydrogen-bond donors (Lipinski definition) is 2. The van der Waals surface area contributed by atoms with Gasteiger partial charge in [-0.3, -0.25) is 0 Å². The fraction of sp³-hybridized carbons (Fsp3) is 0.158. The second-order valence-electron chi connectivity index (χ2n) is 5.56. The van der Waals surface area contributed by atoms with Gasteiger partial charge in [-0.1, -0.05) is 71.2 Å². The fourth-order valence-corrected chi connectivity index (χ4v) is 3.06. The first kappa shape index (κ1) is 17.4. The lowest BCUT2D eigenvalue weighted by Gasteiger charge is -2.25. The van der Waals surface area contributed by atoms with Crippen LogP contribution in [0.15, 0.2) is 71.4 Å². The molecule has 0 aromatic heterocycles. The van der Waals surface area contributed by atoms with Crippen LogP contribution in [0.2, 0.25) is 10.0 Å². The second-order valence-corrected chi connectivity index (χ2v) is 6.86. The highest BCUT2D eigenvalue weighted by molar-refractivity contribution is 6.42. The highest BCUT2D eigenvalue weighted by Crippen LogP contribution is 2.25. The van der Waals surface area contributed by atoms with Crippen molar-refractivity contribution in [3.8, 4) is 0 Å². The van der Waals surface area contributed by atoms with E-state index in [9.17, 15) is 0 Å². The zero-order valence-electron chi connectivity index (χ0n) is 12.9. The van der Waals surface area contributed by atoms with Gasteiger partial charge in [-0.25, -0.2) is 0 Å². The molecule has 2 nitrogen and oxygen atoms in total. The van der Waals surface area contributed by atoms with Crippen molar-refractivity contribution in [1.82, 2.24) is 10.6 Å². The van der Waals surface area contributed by atoms with Crippen molar-refractivity contribution in [2.24, 2.45) is 0 Å². The Balaban J connectivity index is 1.81. The second kappa shape index (κ2) is 8.09. The van der Waals surface area contributed by atoms with Gasteiger partial charge in [0.2, 0.25) is 0 Å². The topological polar surface area (TPSA) is 24.1 Å². The third kappa shape index (κ3) is 4.34. The van der Waals surface area contributed by atoms with Gasteiger partial charge in [-0.15, -0.1) is 0 Å². The fourth-order valence-electron chi connectivity index (χ4n) is 2.61. The maximum Gasteiger partial charge on any atom is 0.0728 e. The lowest BCUT2D eigenvalue weighted by atomic mass is 10.0. The molecule has 3 rings (SSSR count). The SMILES string of the molecule is ClC1=CC=C(C(NCc2ccc(Cl)c(Cl)c2)c2ccccc2)NC1. The number of hydrogen-bond acceptors (Lipinski definition) is 2. The number of nitrogens with one attached hydrogen (secondary N) is 2. The third-order valence-electron chi connectivity index (χ3n) is 3.84. The van der Waals surface area contributed by atoms with E-state index in [2.05, 4.69) is 22.8 Å². The molecule has 0 amide bonds. The van der Waals surface area contributed by atoms with Crippen LogP contribution in [-0.4, -0.2) is 6.54 Å². The van der Waals surface area contributed by atoms with Crippen LogP contribution in [0.5, 0.6) is 0 Å². The van der Waals surface area contributed by atoms with Crippen LogP contribution >= 0.6 is 34.8 Å². The molecule has 5 heteroatoms. The minimum atomic E-state index is 0.0432. The van der Waals surface area contributed by atoms with Gasteiger partial charge in [0.1, 0.15) is 0 Å². The smallest absolute Gasteiger partial charge is 0.0728 e. The van der Waals surface area contributed by atoms with E-state index in [1.807, 2.05) is 48.6 Å². The van der Waals surface area contributed by atoms with Crippen molar-refractivity contribution in [3.05, 3.63) is 92.6 Å². The molecule has 2 N–H and O–H groups in total. The zero-order chi connectivity index (χ0) is 16.9. The Morgan fingerprint density at radius 1 is 0.958 bits per heavy atom. The van der Waals surface area contributed by atoms with Crippen LogP contribution in [-0.2, 0) is 6.54 Å². The minimum Gasteiger partial charge on any atom is -0.382 e. The normalized spacial score (nSPS) is 15.3. The summed E-state index contributed by atoms with van der Waals surface area (Å²) in [6.45, 7) is 1.32. The van der Waals surface area contributed by atoms with Crippen molar-refractivity contribution in [1.29, 1.82) is 0 Å². The molecule has 124 valence electrons. The van der Waals surface area contributed by atoms with Gasteiger partial charge in [0, 0.05) is 17.3 Å². The molecule has 1 aliphatic rings. The van der Waals surface area contributed by atoms with E-state index in [0.717, 1.165) is 16.3 Å². The summed E-state index contributed by atoms with van der Waals surface area (Å²) in [5.74, 6) is 0. The van der Waals surface area contributed by atoms with Crippen LogP contribution in [0.4, 0.5) is 0 Å². The van der Waals surface area contributed by atoms with Gasteiger partial charge >= 0.3 is 0 Å². The molecule has 0 bridgehead atoms. The van der Waals surface area contributed by atoms with Gasteiger partial charge in [0.25, 0.3) is 0 Å². The summed E-state index contributed by atoms with van der Waals surface area (Å²) in [5, 5.41) is 8.89.